The van der Waals surface area contributed by atoms with Crippen molar-refractivity contribution in [1.82, 2.24) is 16.0 Å². The van der Waals surface area contributed by atoms with E-state index in [1.54, 1.807) is 0 Å². The standard InChI is InChI=1S/C17H31N3O3/c1-17(2,3)23-16(22)19-11-12-7-6-9-13(12)20-14-8-4-5-10-18-15(14)21/h12-14,20H,4-11H2,1-3H3,(H,18,21)(H,19,22). The summed E-state index contributed by atoms with van der Waals surface area (Å²) in [5.74, 6) is 0.479. The fraction of sp³-hybridized carbons (Fsp3) is 0.882. The van der Waals surface area contributed by atoms with E-state index in [0.29, 0.717) is 18.5 Å². The van der Waals surface area contributed by atoms with Crippen molar-refractivity contribution < 1.29 is 14.3 Å². The first-order valence-electron chi connectivity index (χ1n) is 8.86. The lowest BCUT2D eigenvalue weighted by Gasteiger charge is -2.26. The number of amides is 2. The molecule has 23 heavy (non-hydrogen) atoms. The fourth-order valence-electron chi connectivity index (χ4n) is 3.39. The van der Waals surface area contributed by atoms with Gasteiger partial charge in [-0.2, -0.15) is 0 Å². The second-order valence-corrected chi connectivity index (χ2v) is 7.69. The van der Waals surface area contributed by atoms with Crippen LogP contribution < -0.4 is 16.0 Å². The number of hydrogen-bond acceptors (Lipinski definition) is 4. The zero-order chi connectivity index (χ0) is 16.9. The molecule has 6 nitrogen and oxygen atoms in total. The summed E-state index contributed by atoms with van der Waals surface area (Å²) in [5.41, 5.74) is -0.476. The van der Waals surface area contributed by atoms with E-state index in [0.717, 1.165) is 45.1 Å². The van der Waals surface area contributed by atoms with Crippen molar-refractivity contribution in [2.45, 2.75) is 77.0 Å². The van der Waals surface area contributed by atoms with Gasteiger partial charge in [-0.25, -0.2) is 4.79 Å². The molecule has 1 heterocycles. The quantitative estimate of drug-likeness (QED) is 0.738. The molecule has 0 spiro atoms. The molecule has 3 N–H and O–H groups in total. The highest BCUT2D eigenvalue weighted by Crippen LogP contribution is 2.26. The molecule has 0 aromatic rings. The van der Waals surface area contributed by atoms with Crippen LogP contribution in [0.2, 0.25) is 0 Å². The Morgan fingerprint density at radius 1 is 1.22 bits per heavy atom. The van der Waals surface area contributed by atoms with Gasteiger partial charge in [0.25, 0.3) is 0 Å². The van der Waals surface area contributed by atoms with Crippen LogP contribution in [0.3, 0.4) is 0 Å². The minimum atomic E-state index is -0.476. The summed E-state index contributed by atoms with van der Waals surface area (Å²) in [5, 5.41) is 9.36. The SMILES string of the molecule is CC(C)(C)OC(=O)NCC1CCCC1NC1CCCCNC1=O. The van der Waals surface area contributed by atoms with Gasteiger partial charge in [-0.05, 0) is 58.8 Å². The molecular weight excluding hydrogens is 294 g/mol. The van der Waals surface area contributed by atoms with Gasteiger partial charge in [0.1, 0.15) is 5.60 Å². The van der Waals surface area contributed by atoms with Crippen LogP contribution >= 0.6 is 0 Å². The van der Waals surface area contributed by atoms with Crippen molar-refractivity contribution in [2.75, 3.05) is 13.1 Å². The number of alkyl carbamates (subject to hydrolysis) is 1. The maximum absolute atomic E-state index is 12.1. The molecule has 2 aliphatic rings. The minimum Gasteiger partial charge on any atom is -0.444 e. The van der Waals surface area contributed by atoms with E-state index < -0.39 is 5.60 Å². The molecule has 1 aliphatic heterocycles. The van der Waals surface area contributed by atoms with Gasteiger partial charge < -0.3 is 20.7 Å². The van der Waals surface area contributed by atoms with Crippen LogP contribution in [0.5, 0.6) is 0 Å². The van der Waals surface area contributed by atoms with Crippen LogP contribution in [-0.2, 0) is 9.53 Å². The minimum absolute atomic E-state index is 0.0929. The van der Waals surface area contributed by atoms with E-state index in [2.05, 4.69) is 16.0 Å². The first-order chi connectivity index (χ1) is 10.8. The molecule has 3 atom stereocenters. The molecule has 2 amide bonds. The second-order valence-electron chi connectivity index (χ2n) is 7.69. The number of nitrogens with one attached hydrogen (secondary N) is 3. The second kappa shape index (κ2) is 7.99. The van der Waals surface area contributed by atoms with Gasteiger partial charge in [-0.15, -0.1) is 0 Å². The molecule has 3 unspecified atom stereocenters. The lowest BCUT2D eigenvalue weighted by Crippen LogP contribution is -2.50. The van der Waals surface area contributed by atoms with Gasteiger partial charge in [0.2, 0.25) is 5.91 Å². The number of ether oxygens (including phenoxy) is 1. The summed E-state index contributed by atoms with van der Waals surface area (Å²) in [7, 11) is 0. The van der Waals surface area contributed by atoms with Crippen molar-refractivity contribution in [2.24, 2.45) is 5.92 Å². The van der Waals surface area contributed by atoms with E-state index in [9.17, 15) is 9.59 Å². The zero-order valence-electron chi connectivity index (χ0n) is 14.6. The summed E-state index contributed by atoms with van der Waals surface area (Å²) < 4.78 is 5.28. The predicted molar refractivity (Wildman–Crippen MR) is 89.2 cm³/mol. The topological polar surface area (TPSA) is 79.5 Å². The Labute approximate surface area is 139 Å². The summed E-state index contributed by atoms with van der Waals surface area (Å²) in [4.78, 5) is 23.9. The number of carbonyl (C=O) groups excluding carboxylic acids is 2. The maximum atomic E-state index is 12.1. The van der Waals surface area contributed by atoms with Gasteiger partial charge in [-0.1, -0.05) is 6.42 Å². The lowest BCUT2D eigenvalue weighted by molar-refractivity contribution is -0.123. The summed E-state index contributed by atoms with van der Waals surface area (Å²) in [6.07, 6.45) is 5.92. The van der Waals surface area contributed by atoms with Crippen LogP contribution in [0.25, 0.3) is 0 Å². The first kappa shape index (κ1) is 18.0. The van der Waals surface area contributed by atoms with Gasteiger partial charge in [0, 0.05) is 19.1 Å². The molecule has 1 saturated heterocycles. The van der Waals surface area contributed by atoms with Gasteiger partial charge in [-0.3, -0.25) is 4.79 Å². The Hall–Kier alpha value is -1.30. The molecule has 0 aromatic heterocycles. The normalized spacial score (nSPS) is 28.8. The Bertz CT molecular complexity index is 420. The molecule has 132 valence electrons. The van der Waals surface area contributed by atoms with Gasteiger partial charge in [0.15, 0.2) is 0 Å². The zero-order valence-corrected chi connectivity index (χ0v) is 14.6. The number of hydrogen-bond donors (Lipinski definition) is 3. The van der Waals surface area contributed by atoms with E-state index in [-0.39, 0.29) is 18.0 Å². The van der Waals surface area contributed by atoms with E-state index in [1.807, 2.05) is 20.8 Å². The van der Waals surface area contributed by atoms with Crippen molar-refractivity contribution in [3.63, 3.8) is 0 Å². The summed E-state index contributed by atoms with van der Waals surface area (Å²) >= 11 is 0. The average Bonchev–Trinajstić information content (AvgIpc) is 2.78. The molecule has 0 aromatic carbocycles. The third-order valence-electron chi connectivity index (χ3n) is 4.52. The number of carbonyl (C=O) groups is 2. The first-order valence-corrected chi connectivity index (χ1v) is 8.86. The third kappa shape index (κ3) is 6.01. The van der Waals surface area contributed by atoms with Gasteiger partial charge in [0.05, 0.1) is 6.04 Å². The van der Waals surface area contributed by atoms with E-state index in [1.165, 1.54) is 0 Å². The monoisotopic (exact) mass is 325 g/mol. The van der Waals surface area contributed by atoms with Crippen molar-refractivity contribution in [1.29, 1.82) is 0 Å². The average molecular weight is 325 g/mol. The van der Waals surface area contributed by atoms with Crippen molar-refractivity contribution >= 4 is 12.0 Å². The molecule has 2 rings (SSSR count). The molecule has 1 saturated carbocycles. The van der Waals surface area contributed by atoms with Crippen LogP contribution in [-0.4, -0.2) is 42.8 Å². The third-order valence-corrected chi connectivity index (χ3v) is 4.52. The highest BCUT2D eigenvalue weighted by molar-refractivity contribution is 5.81. The number of rotatable bonds is 4. The lowest BCUT2D eigenvalue weighted by atomic mass is 10.0. The molecule has 2 fully saturated rings. The fourth-order valence-corrected chi connectivity index (χ4v) is 3.39. The Morgan fingerprint density at radius 2 is 2.00 bits per heavy atom. The highest BCUT2D eigenvalue weighted by atomic mass is 16.6. The Balaban J connectivity index is 1.80. The van der Waals surface area contributed by atoms with Crippen molar-refractivity contribution in [3.05, 3.63) is 0 Å². The molecule has 0 bridgehead atoms. The van der Waals surface area contributed by atoms with E-state index >= 15 is 0 Å². The van der Waals surface area contributed by atoms with E-state index in [4.69, 9.17) is 4.74 Å². The maximum Gasteiger partial charge on any atom is 0.407 e. The van der Waals surface area contributed by atoms with Crippen LogP contribution in [0.1, 0.15) is 59.3 Å². The molecule has 1 aliphatic carbocycles. The van der Waals surface area contributed by atoms with Crippen molar-refractivity contribution in [3.8, 4) is 0 Å². The summed E-state index contributed by atoms with van der Waals surface area (Å²) in [6, 6.07) is 0.198. The molecular formula is C17H31N3O3. The molecule has 0 radical (unpaired) electrons. The molecule has 6 heteroatoms. The van der Waals surface area contributed by atoms with Crippen LogP contribution in [0, 0.1) is 5.92 Å². The summed E-state index contributed by atoms with van der Waals surface area (Å²) in [6.45, 7) is 6.96. The van der Waals surface area contributed by atoms with Gasteiger partial charge >= 0.3 is 6.09 Å². The highest BCUT2D eigenvalue weighted by Gasteiger charge is 2.32. The Kier molecular flexibility index (Phi) is 6.27. The smallest absolute Gasteiger partial charge is 0.407 e. The Morgan fingerprint density at radius 3 is 2.74 bits per heavy atom. The largest absolute Gasteiger partial charge is 0.444 e. The van der Waals surface area contributed by atoms with Crippen LogP contribution in [0.15, 0.2) is 0 Å². The van der Waals surface area contributed by atoms with Crippen LogP contribution in [0.4, 0.5) is 4.79 Å². The predicted octanol–water partition coefficient (Wildman–Crippen LogP) is 1.94.